The Morgan fingerprint density at radius 2 is 2.11 bits per heavy atom. The lowest BCUT2D eigenvalue weighted by molar-refractivity contribution is 0.0692. The summed E-state index contributed by atoms with van der Waals surface area (Å²) in [4.78, 5) is 13.9. The molecule has 0 spiro atoms. The number of aliphatic hydroxyl groups is 1. The third-order valence-corrected chi connectivity index (χ3v) is 2.85. The highest BCUT2D eigenvalue weighted by molar-refractivity contribution is 6.34. The lowest BCUT2D eigenvalue weighted by atomic mass is 10.2. The lowest BCUT2D eigenvalue weighted by Crippen LogP contribution is -2.38. The molecule has 0 fully saturated rings. The van der Waals surface area contributed by atoms with Gasteiger partial charge < -0.3 is 10.0 Å². The van der Waals surface area contributed by atoms with E-state index < -0.39 is 0 Å². The summed E-state index contributed by atoms with van der Waals surface area (Å²) in [5.41, 5.74) is 0.225. The number of aliphatic hydroxyl groups excluding tert-OH is 1. The minimum Gasteiger partial charge on any atom is -0.396 e. The smallest absolute Gasteiger partial charge is 0.257 e. The van der Waals surface area contributed by atoms with Crippen LogP contribution in [0.4, 0.5) is 0 Å². The van der Waals surface area contributed by atoms with Gasteiger partial charge in [0.25, 0.3) is 5.91 Å². The maximum Gasteiger partial charge on any atom is 0.257 e. The number of carbonyl (C=O) groups is 1. The zero-order chi connectivity index (χ0) is 13.7. The number of carbonyl (C=O) groups excluding carboxylic acids is 1. The Balaban J connectivity index is 2.98. The van der Waals surface area contributed by atoms with Crippen LogP contribution in [0.15, 0.2) is 6.07 Å². The molecule has 0 aliphatic rings. The number of nitrogens with zero attached hydrogens (tertiary/aromatic N) is 3. The van der Waals surface area contributed by atoms with Gasteiger partial charge in [-0.25, -0.2) is 0 Å². The normalized spacial score (nSPS) is 10.8. The van der Waals surface area contributed by atoms with Gasteiger partial charge in [0, 0.05) is 19.2 Å². The molecule has 7 heteroatoms. The van der Waals surface area contributed by atoms with E-state index in [1.54, 1.807) is 4.90 Å². The molecule has 1 aromatic rings. The molecule has 0 bridgehead atoms. The summed E-state index contributed by atoms with van der Waals surface area (Å²) in [7, 11) is 0. The average molecular weight is 292 g/mol. The first-order valence-corrected chi connectivity index (χ1v) is 6.33. The Hall–Kier alpha value is -0.910. The quantitative estimate of drug-likeness (QED) is 0.901. The molecule has 0 aromatic carbocycles. The first kappa shape index (κ1) is 15.1. The molecule has 100 valence electrons. The minimum absolute atomic E-state index is 0.00735. The van der Waals surface area contributed by atoms with E-state index in [0.29, 0.717) is 13.0 Å². The Morgan fingerprint density at radius 1 is 1.44 bits per heavy atom. The molecule has 0 unspecified atom stereocenters. The van der Waals surface area contributed by atoms with Crippen LogP contribution < -0.4 is 0 Å². The third kappa shape index (κ3) is 3.80. The van der Waals surface area contributed by atoms with Crippen LogP contribution in [-0.4, -0.2) is 45.3 Å². The minimum atomic E-state index is -0.264. The van der Waals surface area contributed by atoms with Crippen molar-refractivity contribution >= 4 is 29.1 Å². The fourth-order valence-electron chi connectivity index (χ4n) is 1.49. The molecule has 1 aromatic heterocycles. The largest absolute Gasteiger partial charge is 0.396 e. The van der Waals surface area contributed by atoms with Crippen molar-refractivity contribution in [3.8, 4) is 0 Å². The van der Waals surface area contributed by atoms with Gasteiger partial charge in [0.1, 0.15) is 0 Å². The van der Waals surface area contributed by atoms with Gasteiger partial charge in [-0.3, -0.25) is 4.79 Å². The maximum absolute atomic E-state index is 12.3. The Kier molecular flexibility index (Phi) is 5.78. The van der Waals surface area contributed by atoms with Crippen LogP contribution >= 0.6 is 23.2 Å². The van der Waals surface area contributed by atoms with Crippen molar-refractivity contribution in [1.29, 1.82) is 0 Å². The van der Waals surface area contributed by atoms with Crippen LogP contribution in [0, 0.1) is 0 Å². The summed E-state index contributed by atoms with van der Waals surface area (Å²) in [5.74, 6) is -0.264. The molecule has 1 rings (SSSR count). The van der Waals surface area contributed by atoms with Crippen molar-refractivity contribution in [1.82, 2.24) is 15.1 Å². The predicted molar refractivity (Wildman–Crippen MR) is 69.9 cm³/mol. The fraction of sp³-hybridized carbons (Fsp3) is 0.545. The lowest BCUT2D eigenvalue weighted by Gasteiger charge is -2.26. The van der Waals surface area contributed by atoms with Crippen LogP contribution in [0.3, 0.4) is 0 Å². The highest BCUT2D eigenvalue weighted by atomic mass is 35.5. The molecule has 0 aliphatic heterocycles. The van der Waals surface area contributed by atoms with Crippen LogP contribution in [-0.2, 0) is 0 Å². The standard InChI is InChI=1S/C11H15Cl2N3O2/c1-7(2)16(4-3-5-17)11(18)8-6-9(12)14-15-10(8)13/h6-7,17H,3-5H2,1-2H3. The topological polar surface area (TPSA) is 66.3 Å². The predicted octanol–water partition coefficient (Wildman–Crippen LogP) is 2.02. The second-order valence-corrected chi connectivity index (χ2v) is 4.79. The second-order valence-electron chi connectivity index (χ2n) is 4.04. The first-order valence-electron chi connectivity index (χ1n) is 5.58. The average Bonchev–Trinajstić information content (AvgIpc) is 2.32. The maximum atomic E-state index is 12.3. The van der Waals surface area contributed by atoms with Gasteiger partial charge in [-0.2, -0.15) is 0 Å². The molecule has 0 saturated heterocycles. The summed E-state index contributed by atoms with van der Waals surface area (Å²) < 4.78 is 0. The summed E-state index contributed by atoms with van der Waals surface area (Å²) in [5, 5.41) is 16.2. The fourth-order valence-corrected chi connectivity index (χ4v) is 1.81. The van der Waals surface area contributed by atoms with E-state index in [-0.39, 0.29) is 34.4 Å². The molecular weight excluding hydrogens is 277 g/mol. The highest BCUT2D eigenvalue weighted by Gasteiger charge is 2.22. The van der Waals surface area contributed by atoms with Gasteiger partial charge in [-0.15, -0.1) is 10.2 Å². The summed E-state index contributed by atoms with van der Waals surface area (Å²) in [6.45, 7) is 4.25. The molecule has 0 atom stereocenters. The van der Waals surface area contributed by atoms with Crippen molar-refractivity contribution in [2.75, 3.05) is 13.2 Å². The molecule has 0 saturated carbocycles. The van der Waals surface area contributed by atoms with Gasteiger partial charge in [0.05, 0.1) is 5.56 Å². The molecule has 18 heavy (non-hydrogen) atoms. The van der Waals surface area contributed by atoms with Crippen molar-refractivity contribution in [3.05, 3.63) is 21.9 Å². The van der Waals surface area contributed by atoms with E-state index in [1.165, 1.54) is 6.07 Å². The summed E-state index contributed by atoms with van der Waals surface area (Å²) in [6, 6.07) is 1.39. The monoisotopic (exact) mass is 291 g/mol. The Morgan fingerprint density at radius 3 is 2.67 bits per heavy atom. The summed E-state index contributed by atoms with van der Waals surface area (Å²) in [6.07, 6.45) is 0.508. The number of rotatable bonds is 5. The molecule has 0 radical (unpaired) electrons. The van der Waals surface area contributed by atoms with E-state index in [9.17, 15) is 4.79 Å². The van der Waals surface area contributed by atoms with Gasteiger partial charge in [0.15, 0.2) is 10.3 Å². The summed E-state index contributed by atoms with van der Waals surface area (Å²) >= 11 is 11.6. The molecule has 0 aliphatic carbocycles. The van der Waals surface area contributed by atoms with Crippen LogP contribution in [0.5, 0.6) is 0 Å². The van der Waals surface area contributed by atoms with Gasteiger partial charge in [-0.1, -0.05) is 23.2 Å². The van der Waals surface area contributed by atoms with Crippen molar-refractivity contribution in [2.45, 2.75) is 26.3 Å². The van der Waals surface area contributed by atoms with Crippen LogP contribution in [0.2, 0.25) is 10.3 Å². The van der Waals surface area contributed by atoms with Gasteiger partial charge >= 0.3 is 0 Å². The molecule has 1 amide bonds. The van der Waals surface area contributed by atoms with E-state index in [0.717, 1.165) is 0 Å². The van der Waals surface area contributed by atoms with Gasteiger partial charge in [0.2, 0.25) is 0 Å². The van der Waals surface area contributed by atoms with E-state index in [4.69, 9.17) is 28.3 Å². The Bertz CT molecular complexity index is 427. The SMILES string of the molecule is CC(C)N(CCCO)C(=O)c1cc(Cl)nnc1Cl. The van der Waals surface area contributed by atoms with Crippen molar-refractivity contribution < 1.29 is 9.90 Å². The molecule has 1 N–H and O–H groups in total. The second kappa shape index (κ2) is 6.87. The van der Waals surface area contributed by atoms with Crippen LogP contribution in [0.1, 0.15) is 30.6 Å². The molecular formula is C11H15Cl2N3O2. The molecule has 1 heterocycles. The van der Waals surface area contributed by atoms with E-state index in [2.05, 4.69) is 10.2 Å². The zero-order valence-electron chi connectivity index (χ0n) is 10.2. The van der Waals surface area contributed by atoms with Crippen molar-refractivity contribution in [2.24, 2.45) is 0 Å². The van der Waals surface area contributed by atoms with Crippen LogP contribution in [0.25, 0.3) is 0 Å². The van der Waals surface area contributed by atoms with E-state index >= 15 is 0 Å². The zero-order valence-corrected chi connectivity index (χ0v) is 11.7. The van der Waals surface area contributed by atoms with Gasteiger partial charge in [-0.05, 0) is 26.3 Å². The number of hydrogen-bond donors (Lipinski definition) is 1. The number of amides is 1. The third-order valence-electron chi connectivity index (χ3n) is 2.39. The number of hydrogen-bond acceptors (Lipinski definition) is 4. The van der Waals surface area contributed by atoms with Crippen molar-refractivity contribution in [3.63, 3.8) is 0 Å². The Labute approximate surface area is 116 Å². The molecule has 5 nitrogen and oxygen atoms in total. The number of halogens is 2. The first-order chi connectivity index (χ1) is 8.47. The van der Waals surface area contributed by atoms with E-state index in [1.807, 2.05) is 13.8 Å². The highest BCUT2D eigenvalue weighted by Crippen LogP contribution is 2.18. The number of aromatic nitrogens is 2.